The summed E-state index contributed by atoms with van der Waals surface area (Å²) in [5, 5.41) is 7.20. The van der Waals surface area contributed by atoms with Crippen molar-refractivity contribution in [2.45, 2.75) is 40.2 Å². The van der Waals surface area contributed by atoms with Crippen LogP contribution < -0.4 is 10.2 Å². The van der Waals surface area contributed by atoms with Crippen molar-refractivity contribution in [3.05, 3.63) is 47.3 Å². The number of carbonyl (C=O) groups excluding carboxylic acids is 2. The van der Waals surface area contributed by atoms with Crippen molar-refractivity contribution in [1.82, 2.24) is 25.0 Å². The molecule has 10 heteroatoms. The first-order chi connectivity index (χ1) is 14.4. The van der Waals surface area contributed by atoms with Crippen molar-refractivity contribution >= 4 is 28.3 Å². The third-order valence-electron chi connectivity index (χ3n) is 4.41. The van der Waals surface area contributed by atoms with E-state index in [2.05, 4.69) is 34.3 Å². The molecule has 0 fully saturated rings. The van der Waals surface area contributed by atoms with Crippen LogP contribution in [0.4, 0.5) is 5.13 Å². The number of thiazole rings is 1. The lowest BCUT2D eigenvalue weighted by Crippen LogP contribution is -2.32. The molecule has 0 saturated carbocycles. The molecule has 160 valence electrons. The highest BCUT2D eigenvalue weighted by Crippen LogP contribution is 2.25. The maximum absolute atomic E-state index is 12.9. The maximum atomic E-state index is 12.9. The molecule has 0 aliphatic rings. The zero-order valence-corrected chi connectivity index (χ0v) is 18.2. The molecule has 0 radical (unpaired) electrons. The molecule has 0 atom stereocenters. The summed E-state index contributed by atoms with van der Waals surface area (Å²) in [5.74, 6) is 0.502. The van der Waals surface area contributed by atoms with Crippen molar-refractivity contribution in [1.29, 1.82) is 0 Å². The summed E-state index contributed by atoms with van der Waals surface area (Å²) in [6.07, 6.45) is 8.46. The summed E-state index contributed by atoms with van der Waals surface area (Å²) < 4.78 is 7.00. The van der Waals surface area contributed by atoms with E-state index in [4.69, 9.17) is 4.52 Å². The second-order valence-corrected chi connectivity index (χ2v) is 8.39. The number of nitrogens with zero attached hydrogens (tertiary/aromatic N) is 5. The van der Waals surface area contributed by atoms with E-state index in [1.165, 1.54) is 17.5 Å². The highest BCUT2D eigenvalue weighted by Gasteiger charge is 2.24. The molecule has 0 spiro atoms. The van der Waals surface area contributed by atoms with Gasteiger partial charge in [0.25, 0.3) is 11.8 Å². The van der Waals surface area contributed by atoms with Crippen molar-refractivity contribution < 1.29 is 14.1 Å². The molecule has 0 saturated heterocycles. The van der Waals surface area contributed by atoms with Crippen molar-refractivity contribution in [3.8, 4) is 0 Å². The molecule has 0 bridgehead atoms. The van der Waals surface area contributed by atoms with Gasteiger partial charge >= 0.3 is 0 Å². The van der Waals surface area contributed by atoms with Crippen LogP contribution in [0.2, 0.25) is 0 Å². The Bertz CT molecular complexity index is 963. The van der Waals surface area contributed by atoms with Gasteiger partial charge in [-0.15, -0.1) is 0 Å². The van der Waals surface area contributed by atoms with Gasteiger partial charge in [-0.3, -0.25) is 14.5 Å². The van der Waals surface area contributed by atoms with Crippen LogP contribution in [0.15, 0.2) is 35.5 Å². The highest BCUT2D eigenvalue weighted by atomic mass is 32.1. The number of anilines is 1. The lowest BCUT2D eigenvalue weighted by atomic mass is 10.1. The summed E-state index contributed by atoms with van der Waals surface area (Å²) >= 11 is 1.19. The number of aromatic nitrogens is 4. The first-order valence-corrected chi connectivity index (χ1v) is 10.7. The molecule has 0 aliphatic carbocycles. The van der Waals surface area contributed by atoms with E-state index < -0.39 is 0 Å². The van der Waals surface area contributed by atoms with Crippen molar-refractivity contribution in [2.75, 3.05) is 18.0 Å². The first kappa shape index (κ1) is 21.7. The van der Waals surface area contributed by atoms with Crippen LogP contribution in [0.5, 0.6) is 0 Å². The average Bonchev–Trinajstić information content (AvgIpc) is 3.47. The Labute approximate surface area is 179 Å². The van der Waals surface area contributed by atoms with E-state index in [-0.39, 0.29) is 17.5 Å². The topological polar surface area (TPSA) is 106 Å². The third kappa shape index (κ3) is 5.76. The predicted octanol–water partition coefficient (Wildman–Crippen LogP) is 3.15. The molecule has 9 nitrogen and oxygen atoms in total. The monoisotopic (exact) mass is 430 g/mol. The van der Waals surface area contributed by atoms with Gasteiger partial charge in [0.2, 0.25) is 0 Å². The zero-order chi connectivity index (χ0) is 21.5. The van der Waals surface area contributed by atoms with Crippen LogP contribution >= 0.6 is 11.3 Å². The summed E-state index contributed by atoms with van der Waals surface area (Å²) in [4.78, 5) is 35.8. The Balaban J connectivity index is 1.63. The summed E-state index contributed by atoms with van der Waals surface area (Å²) in [7, 11) is 0. The van der Waals surface area contributed by atoms with Gasteiger partial charge in [0, 0.05) is 38.1 Å². The van der Waals surface area contributed by atoms with Crippen LogP contribution in [0.3, 0.4) is 0 Å². The van der Waals surface area contributed by atoms with Gasteiger partial charge in [0.1, 0.15) is 10.6 Å². The molecule has 3 aromatic heterocycles. The van der Waals surface area contributed by atoms with E-state index >= 15 is 0 Å². The predicted molar refractivity (Wildman–Crippen MR) is 114 cm³/mol. The SMILES string of the molecule is Cc1cc(C(=O)N(CCC(C)C)c2ncc(C(=O)NCCCn3ccnc3)s2)no1. The lowest BCUT2D eigenvalue weighted by Gasteiger charge is -2.19. The van der Waals surface area contributed by atoms with Gasteiger partial charge in [-0.2, -0.15) is 0 Å². The fraction of sp³-hybridized carbons (Fsp3) is 0.450. The van der Waals surface area contributed by atoms with Crippen molar-refractivity contribution in [2.24, 2.45) is 5.92 Å². The van der Waals surface area contributed by atoms with Crippen LogP contribution in [0.25, 0.3) is 0 Å². The van der Waals surface area contributed by atoms with E-state index in [9.17, 15) is 9.59 Å². The molecule has 0 aromatic carbocycles. The second kappa shape index (κ2) is 10.1. The standard InChI is InChI=1S/C20H26N6O3S/c1-14(2)5-9-26(19(28)16-11-15(3)29-24-16)20-23-12-17(30-20)18(27)22-6-4-8-25-10-7-21-13-25/h7,10-14H,4-6,8-9H2,1-3H3,(H,22,27). The van der Waals surface area contributed by atoms with Crippen LogP contribution in [0.1, 0.15) is 52.6 Å². The molecule has 0 unspecified atom stereocenters. The molecule has 2 amide bonds. The zero-order valence-electron chi connectivity index (χ0n) is 17.4. The normalized spacial score (nSPS) is 11.1. The van der Waals surface area contributed by atoms with Gasteiger partial charge in [-0.25, -0.2) is 9.97 Å². The van der Waals surface area contributed by atoms with Gasteiger partial charge in [-0.05, 0) is 25.7 Å². The second-order valence-electron chi connectivity index (χ2n) is 7.38. The van der Waals surface area contributed by atoms with Gasteiger partial charge in [0.05, 0.1) is 12.5 Å². The quantitative estimate of drug-likeness (QED) is 0.495. The minimum Gasteiger partial charge on any atom is -0.361 e. The Kier molecular flexibility index (Phi) is 7.34. The Morgan fingerprint density at radius 1 is 1.37 bits per heavy atom. The minimum absolute atomic E-state index is 0.196. The van der Waals surface area contributed by atoms with Crippen LogP contribution in [-0.4, -0.2) is 44.6 Å². The summed E-state index contributed by atoms with van der Waals surface area (Å²) in [5.41, 5.74) is 0.233. The highest BCUT2D eigenvalue weighted by molar-refractivity contribution is 7.17. The average molecular weight is 431 g/mol. The fourth-order valence-corrected chi connectivity index (χ4v) is 3.60. The molecule has 3 heterocycles. The molecular weight excluding hydrogens is 404 g/mol. The number of hydrogen-bond donors (Lipinski definition) is 1. The third-order valence-corrected chi connectivity index (χ3v) is 5.43. The lowest BCUT2D eigenvalue weighted by molar-refractivity contribution is 0.0953. The number of aryl methyl sites for hydroxylation is 2. The number of nitrogens with one attached hydrogen (secondary N) is 1. The number of rotatable bonds is 10. The summed E-state index contributed by atoms with van der Waals surface area (Å²) in [6, 6.07) is 1.60. The Hall–Kier alpha value is -3.01. The maximum Gasteiger partial charge on any atom is 0.282 e. The number of imidazole rings is 1. The smallest absolute Gasteiger partial charge is 0.282 e. The molecule has 30 heavy (non-hydrogen) atoms. The van der Waals surface area contributed by atoms with Gasteiger partial charge in [0.15, 0.2) is 10.8 Å². The summed E-state index contributed by atoms with van der Waals surface area (Å²) in [6.45, 7) is 7.73. The van der Waals surface area contributed by atoms with Crippen LogP contribution in [0, 0.1) is 12.8 Å². The molecular formula is C20H26N6O3S. The minimum atomic E-state index is -0.283. The largest absolute Gasteiger partial charge is 0.361 e. The van der Waals surface area contributed by atoms with Crippen LogP contribution in [-0.2, 0) is 6.54 Å². The molecule has 3 rings (SSSR count). The molecule has 3 aromatic rings. The Morgan fingerprint density at radius 2 is 2.20 bits per heavy atom. The van der Waals surface area contributed by atoms with E-state index in [1.807, 2.05) is 10.8 Å². The fourth-order valence-electron chi connectivity index (χ4n) is 2.74. The van der Waals surface area contributed by atoms with Crippen molar-refractivity contribution in [3.63, 3.8) is 0 Å². The molecule has 0 aliphatic heterocycles. The van der Waals surface area contributed by atoms with Gasteiger partial charge < -0.3 is 14.4 Å². The number of carbonyl (C=O) groups is 2. The van der Waals surface area contributed by atoms with E-state index in [0.29, 0.717) is 34.8 Å². The first-order valence-electron chi connectivity index (χ1n) is 9.89. The van der Waals surface area contributed by atoms with E-state index in [1.54, 1.807) is 30.4 Å². The van der Waals surface area contributed by atoms with E-state index in [0.717, 1.165) is 19.4 Å². The Morgan fingerprint density at radius 3 is 2.87 bits per heavy atom. The number of hydrogen-bond acceptors (Lipinski definition) is 7. The molecule has 1 N–H and O–H groups in total. The number of amides is 2. The van der Waals surface area contributed by atoms with Gasteiger partial charge in [-0.1, -0.05) is 30.3 Å².